The number of likely N-dealkylation sites (N-methyl/N-ethyl adjacent to an activating group) is 1. The van der Waals surface area contributed by atoms with Crippen LogP contribution in [0.1, 0.15) is 51.4 Å². The number of rotatable bonds is 7. The van der Waals surface area contributed by atoms with Crippen LogP contribution < -0.4 is 10.6 Å². The minimum absolute atomic E-state index is 0.0463. The number of hydrogen-bond donors (Lipinski definition) is 2. The Hall–Kier alpha value is -2.14. The van der Waals surface area contributed by atoms with Crippen LogP contribution in [0.4, 0.5) is 0 Å². The molecule has 29 heavy (non-hydrogen) atoms. The van der Waals surface area contributed by atoms with Gasteiger partial charge in [-0.2, -0.15) is 5.26 Å². The summed E-state index contributed by atoms with van der Waals surface area (Å²) in [7, 11) is 2.00. The first kappa shape index (κ1) is 20.1. The van der Waals surface area contributed by atoms with Gasteiger partial charge in [0, 0.05) is 19.0 Å². The standard InChI is InChI=1S/C21H31N5O3/c1-25-9-2-6-21(25)7-10-26(20(21)29)17(11-14-3-4-14)19(28)24-16(13-22)12-15-5-8-23-18(15)27/h14-17H,2-12H2,1H3,(H,23,27)(H,24,28)/t15-,16+,17+,21?/m1/s1. The fourth-order valence-electron chi connectivity index (χ4n) is 5.29. The molecule has 0 aromatic rings. The lowest BCUT2D eigenvalue weighted by molar-refractivity contribution is -0.143. The van der Waals surface area contributed by atoms with E-state index in [9.17, 15) is 19.6 Å². The highest BCUT2D eigenvalue weighted by atomic mass is 16.2. The van der Waals surface area contributed by atoms with Crippen LogP contribution in [0.2, 0.25) is 0 Å². The zero-order valence-electron chi connectivity index (χ0n) is 17.2. The Kier molecular flexibility index (Phi) is 5.52. The molecule has 0 radical (unpaired) electrons. The highest BCUT2D eigenvalue weighted by Gasteiger charge is 2.54. The second kappa shape index (κ2) is 7.94. The van der Waals surface area contributed by atoms with Crippen molar-refractivity contribution in [1.82, 2.24) is 20.4 Å². The Morgan fingerprint density at radius 1 is 1.28 bits per heavy atom. The summed E-state index contributed by atoms with van der Waals surface area (Å²) in [6.45, 7) is 2.13. The number of carbonyl (C=O) groups is 3. The number of carbonyl (C=O) groups excluding carboxylic acids is 3. The SMILES string of the molecule is CN1CCCC12CCN([C@@H](CC1CC1)C(=O)N[C@H](C#N)C[C@H]1CCNC1=O)C2=O. The molecule has 158 valence electrons. The molecule has 1 unspecified atom stereocenters. The van der Waals surface area contributed by atoms with E-state index in [0.717, 1.165) is 38.6 Å². The second-order valence-corrected chi connectivity index (χ2v) is 9.20. The Labute approximate surface area is 172 Å². The largest absolute Gasteiger partial charge is 0.356 e. The molecule has 3 amide bonds. The van der Waals surface area contributed by atoms with Gasteiger partial charge in [-0.25, -0.2) is 0 Å². The molecule has 3 saturated heterocycles. The molecule has 0 aromatic carbocycles. The van der Waals surface area contributed by atoms with Crippen LogP contribution in [0.25, 0.3) is 0 Å². The molecule has 1 aliphatic carbocycles. The van der Waals surface area contributed by atoms with Crippen molar-refractivity contribution in [3.05, 3.63) is 0 Å². The monoisotopic (exact) mass is 401 g/mol. The molecular weight excluding hydrogens is 370 g/mol. The van der Waals surface area contributed by atoms with Crippen LogP contribution in [0.15, 0.2) is 0 Å². The van der Waals surface area contributed by atoms with Gasteiger partial charge in [0.2, 0.25) is 17.7 Å². The van der Waals surface area contributed by atoms with Gasteiger partial charge in [-0.05, 0) is 58.0 Å². The van der Waals surface area contributed by atoms with E-state index in [1.165, 1.54) is 0 Å². The van der Waals surface area contributed by atoms with E-state index < -0.39 is 17.6 Å². The molecule has 4 aliphatic rings. The molecular formula is C21H31N5O3. The maximum Gasteiger partial charge on any atom is 0.243 e. The molecule has 8 nitrogen and oxygen atoms in total. The van der Waals surface area contributed by atoms with E-state index in [0.29, 0.717) is 38.3 Å². The zero-order chi connectivity index (χ0) is 20.6. The Morgan fingerprint density at radius 3 is 2.66 bits per heavy atom. The lowest BCUT2D eigenvalue weighted by atomic mass is 9.94. The van der Waals surface area contributed by atoms with Crippen molar-refractivity contribution in [2.45, 2.75) is 69.0 Å². The summed E-state index contributed by atoms with van der Waals surface area (Å²) in [5.41, 5.74) is -0.446. The van der Waals surface area contributed by atoms with Gasteiger partial charge in [-0.15, -0.1) is 0 Å². The summed E-state index contributed by atoms with van der Waals surface area (Å²) in [5.74, 6) is 0.0352. The quantitative estimate of drug-likeness (QED) is 0.642. The third-order valence-corrected chi connectivity index (χ3v) is 7.33. The summed E-state index contributed by atoms with van der Waals surface area (Å²) in [6, 6.07) is 0.912. The van der Waals surface area contributed by atoms with Crippen LogP contribution >= 0.6 is 0 Å². The lowest BCUT2D eigenvalue weighted by Crippen LogP contribution is -2.55. The van der Waals surface area contributed by atoms with Gasteiger partial charge in [-0.1, -0.05) is 12.8 Å². The summed E-state index contributed by atoms with van der Waals surface area (Å²) in [4.78, 5) is 42.3. The van der Waals surface area contributed by atoms with E-state index in [4.69, 9.17) is 0 Å². The zero-order valence-corrected chi connectivity index (χ0v) is 17.2. The van der Waals surface area contributed by atoms with Gasteiger partial charge in [-0.3, -0.25) is 19.3 Å². The van der Waals surface area contributed by atoms with E-state index in [-0.39, 0.29) is 23.6 Å². The molecule has 3 aliphatic heterocycles. The molecule has 4 atom stereocenters. The van der Waals surface area contributed by atoms with Gasteiger partial charge >= 0.3 is 0 Å². The summed E-state index contributed by atoms with van der Waals surface area (Å²) in [5, 5.41) is 15.2. The van der Waals surface area contributed by atoms with E-state index in [1.807, 2.05) is 7.05 Å². The number of nitrogens with zero attached hydrogens (tertiary/aromatic N) is 3. The first-order valence-corrected chi connectivity index (χ1v) is 10.9. The fraction of sp³-hybridized carbons (Fsp3) is 0.810. The highest BCUT2D eigenvalue weighted by Crippen LogP contribution is 2.41. The Morgan fingerprint density at radius 2 is 2.07 bits per heavy atom. The third-order valence-electron chi connectivity index (χ3n) is 7.33. The molecule has 4 fully saturated rings. The van der Waals surface area contributed by atoms with E-state index in [2.05, 4.69) is 21.6 Å². The van der Waals surface area contributed by atoms with E-state index >= 15 is 0 Å². The average Bonchev–Trinajstić information content (AvgIpc) is 3.19. The second-order valence-electron chi connectivity index (χ2n) is 9.20. The minimum atomic E-state index is -0.709. The topological polar surface area (TPSA) is 106 Å². The number of amides is 3. The van der Waals surface area contributed by atoms with Crippen LogP contribution in [0.3, 0.4) is 0 Å². The summed E-state index contributed by atoms with van der Waals surface area (Å²) in [6.07, 6.45) is 6.51. The molecule has 0 aromatic heterocycles. The van der Waals surface area contributed by atoms with Crippen molar-refractivity contribution in [1.29, 1.82) is 5.26 Å². The summed E-state index contributed by atoms with van der Waals surface area (Å²) < 4.78 is 0. The van der Waals surface area contributed by atoms with Gasteiger partial charge < -0.3 is 15.5 Å². The normalized spacial score (nSPS) is 31.7. The predicted octanol–water partition coefficient (Wildman–Crippen LogP) is 0.386. The number of hydrogen-bond acceptors (Lipinski definition) is 5. The molecule has 4 rings (SSSR count). The number of nitrogens with one attached hydrogen (secondary N) is 2. The number of likely N-dealkylation sites (tertiary alicyclic amines) is 2. The Bertz CT molecular complexity index is 730. The van der Waals surface area contributed by atoms with Crippen LogP contribution in [0.5, 0.6) is 0 Å². The van der Waals surface area contributed by atoms with Crippen LogP contribution in [0, 0.1) is 23.2 Å². The molecule has 8 heteroatoms. The first-order valence-electron chi connectivity index (χ1n) is 10.9. The third kappa shape index (κ3) is 3.85. The minimum Gasteiger partial charge on any atom is -0.356 e. The molecule has 2 N–H and O–H groups in total. The molecule has 1 spiro atoms. The van der Waals surface area contributed by atoms with Gasteiger partial charge in [0.05, 0.1) is 6.07 Å². The Balaban J connectivity index is 1.45. The van der Waals surface area contributed by atoms with Crippen molar-refractivity contribution in [3.63, 3.8) is 0 Å². The van der Waals surface area contributed by atoms with E-state index in [1.54, 1.807) is 4.90 Å². The number of nitriles is 1. The maximum atomic E-state index is 13.4. The fourth-order valence-corrected chi connectivity index (χ4v) is 5.29. The smallest absolute Gasteiger partial charge is 0.243 e. The van der Waals surface area contributed by atoms with Crippen molar-refractivity contribution in [2.24, 2.45) is 11.8 Å². The predicted molar refractivity (Wildman–Crippen MR) is 105 cm³/mol. The van der Waals surface area contributed by atoms with Crippen molar-refractivity contribution >= 4 is 17.7 Å². The van der Waals surface area contributed by atoms with Gasteiger partial charge in [0.1, 0.15) is 17.6 Å². The van der Waals surface area contributed by atoms with Crippen molar-refractivity contribution in [3.8, 4) is 6.07 Å². The van der Waals surface area contributed by atoms with Crippen molar-refractivity contribution in [2.75, 3.05) is 26.7 Å². The van der Waals surface area contributed by atoms with Gasteiger partial charge in [0.15, 0.2) is 0 Å². The van der Waals surface area contributed by atoms with Crippen molar-refractivity contribution < 1.29 is 14.4 Å². The maximum absolute atomic E-state index is 13.4. The van der Waals surface area contributed by atoms with Crippen LogP contribution in [-0.2, 0) is 14.4 Å². The van der Waals surface area contributed by atoms with Crippen LogP contribution in [-0.4, -0.2) is 71.8 Å². The summed E-state index contributed by atoms with van der Waals surface area (Å²) >= 11 is 0. The molecule has 0 bridgehead atoms. The van der Waals surface area contributed by atoms with Gasteiger partial charge in [0.25, 0.3) is 0 Å². The molecule has 1 saturated carbocycles. The molecule has 3 heterocycles. The first-order chi connectivity index (χ1) is 13.9. The average molecular weight is 402 g/mol. The lowest BCUT2D eigenvalue weighted by Gasteiger charge is -2.33. The highest BCUT2D eigenvalue weighted by molar-refractivity contribution is 5.94.